The molecule has 1 amide bonds. The van der Waals surface area contributed by atoms with E-state index >= 15 is 0 Å². The van der Waals surface area contributed by atoms with Gasteiger partial charge in [-0.25, -0.2) is 9.18 Å². The lowest BCUT2D eigenvalue weighted by atomic mass is 9.94. The number of hydrogen-bond donors (Lipinski definition) is 2. The van der Waals surface area contributed by atoms with Gasteiger partial charge in [-0.1, -0.05) is 17.7 Å². The number of carbonyl (C=O) groups is 2. The highest BCUT2D eigenvalue weighted by molar-refractivity contribution is 6.30. The van der Waals surface area contributed by atoms with Gasteiger partial charge >= 0.3 is 5.97 Å². The summed E-state index contributed by atoms with van der Waals surface area (Å²) in [6.45, 7) is 1.53. The maximum Gasteiger partial charge on any atom is 0.330 e. The maximum atomic E-state index is 13.5. The van der Waals surface area contributed by atoms with Crippen LogP contribution in [0.3, 0.4) is 0 Å². The van der Waals surface area contributed by atoms with Gasteiger partial charge in [0.25, 0.3) is 0 Å². The summed E-state index contributed by atoms with van der Waals surface area (Å²) in [5.41, 5.74) is 0.155. The third kappa shape index (κ3) is 5.46. The summed E-state index contributed by atoms with van der Waals surface area (Å²) in [5, 5.41) is 11.6. The van der Waals surface area contributed by atoms with Crippen LogP contribution in [0.5, 0.6) is 0 Å². The van der Waals surface area contributed by atoms with E-state index in [4.69, 9.17) is 16.3 Å². The predicted molar refractivity (Wildman–Crippen MR) is 87.3 cm³/mol. The molecule has 0 spiro atoms. The first kappa shape index (κ1) is 18.7. The number of hydrogen-bond acceptors (Lipinski definition) is 3. The molecular formula is C17H21ClFNO4. The number of ether oxygens (including phenoxy) is 1. The summed E-state index contributed by atoms with van der Waals surface area (Å²) < 4.78 is 18.8. The fraction of sp³-hybridized carbons (Fsp3) is 0.529. The maximum absolute atomic E-state index is 13.5. The highest BCUT2D eigenvalue weighted by Crippen LogP contribution is 2.22. The van der Waals surface area contributed by atoms with Crippen LogP contribution in [-0.2, 0) is 14.3 Å². The Morgan fingerprint density at radius 2 is 2.08 bits per heavy atom. The highest BCUT2D eigenvalue weighted by Gasteiger charge is 2.23. The van der Waals surface area contributed by atoms with E-state index < -0.39 is 17.8 Å². The number of aliphatic carboxylic acids is 1. The van der Waals surface area contributed by atoms with Crippen LogP contribution in [0, 0.1) is 11.7 Å². The van der Waals surface area contributed by atoms with Crippen LogP contribution in [0.2, 0.25) is 5.02 Å². The molecular weight excluding hydrogens is 337 g/mol. The second kappa shape index (κ2) is 8.99. The summed E-state index contributed by atoms with van der Waals surface area (Å²) in [4.78, 5) is 23.4. The smallest absolute Gasteiger partial charge is 0.330 e. The Morgan fingerprint density at radius 3 is 2.71 bits per heavy atom. The zero-order valence-corrected chi connectivity index (χ0v) is 14.0. The van der Waals surface area contributed by atoms with Crippen molar-refractivity contribution in [3.05, 3.63) is 34.6 Å². The van der Waals surface area contributed by atoms with Crippen molar-refractivity contribution in [2.75, 3.05) is 13.2 Å². The van der Waals surface area contributed by atoms with Crippen molar-refractivity contribution in [2.45, 2.75) is 38.1 Å². The molecule has 5 nitrogen and oxygen atoms in total. The number of halogens is 2. The number of carboxylic acids is 1. The number of nitrogens with one attached hydrogen (secondary N) is 1. The average Bonchev–Trinajstić information content (AvgIpc) is 2.56. The van der Waals surface area contributed by atoms with Gasteiger partial charge in [-0.05, 0) is 49.3 Å². The van der Waals surface area contributed by atoms with Gasteiger partial charge in [-0.3, -0.25) is 4.79 Å². The summed E-state index contributed by atoms with van der Waals surface area (Å²) in [6.07, 6.45) is 3.87. The molecule has 0 aromatic heterocycles. The summed E-state index contributed by atoms with van der Waals surface area (Å²) >= 11 is 5.59. The number of amides is 1. The molecule has 1 saturated heterocycles. The van der Waals surface area contributed by atoms with Gasteiger partial charge in [-0.15, -0.1) is 0 Å². The molecule has 0 saturated carbocycles. The van der Waals surface area contributed by atoms with Crippen LogP contribution in [0.25, 0.3) is 0 Å². The molecule has 1 aromatic carbocycles. The SMILES string of the molecule is O=C(CCCC1CCOCC1)NC(C(=O)O)c1ccc(Cl)c(F)c1. The Bertz CT molecular complexity index is 590. The Balaban J connectivity index is 1.86. The molecule has 0 aliphatic carbocycles. The van der Waals surface area contributed by atoms with Gasteiger partial charge in [0.1, 0.15) is 5.82 Å². The lowest BCUT2D eigenvalue weighted by Gasteiger charge is -2.21. The first-order valence-electron chi connectivity index (χ1n) is 8.02. The van der Waals surface area contributed by atoms with Crippen LogP contribution >= 0.6 is 11.6 Å². The molecule has 1 heterocycles. The van der Waals surface area contributed by atoms with E-state index in [9.17, 15) is 19.1 Å². The molecule has 0 bridgehead atoms. The Hall–Kier alpha value is -1.66. The van der Waals surface area contributed by atoms with Gasteiger partial charge in [0, 0.05) is 19.6 Å². The molecule has 1 atom stereocenters. The van der Waals surface area contributed by atoms with Crippen LogP contribution in [0.1, 0.15) is 43.7 Å². The van der Waals surface area contributed by atoms with Gasteiger partial charge in [0.05, 0.1) is 5.02 Å². The van der Waals surface area contributed by atoms with Gasteiger partial charge < -0.3 is 15.2 Å². The molecule has 2 rings (SSSR count). The second-order valence-electron chi connectivity index (χ2n) is 5.96. The summed E-state index contributed by atoms with van der Waals surface area (Å²) in [5.74, 6) is -1.75. The second-order valence-corrected chi connectivity index (χ2v) is 6.37. The van der Waals surface area contributed by atoms with Crippen molar-refractivity contribution >= 4 is 23.5 Å². The summed E-state index contributed by atoms with van der Waals surface area (Å²) in [6, 6.07) is 2.42. The van der Waals surface area contributed by atoms with Crippen molar-refractivity contribution in [3.8, 4) is 0 Å². The van der Waals surface area contributed by atoms with Crippen LogP contribution < -0.4 is 5.32 Å². The van der Waals surface area contributed by atoms with Crippen LogP contribution in [0.4, 0.5) is 4.39 Å². The zero-order chi connectivity index (χ0) is 17.5. The zero-order valence-electron chi connectivity index (χ0n) is 13.3. The quantitative estimate of drug-likeness (QED) is 0.785. The number of benzene rings is 1. The monoisotopic (exact) mass is 357 g/mol. The molecule has 1 aromatic rings. The standard InChI is InChI=1S/C17H21ClFNO4/c18-13-5-4-12(10-14(13)19)16(17(22)23)20-15(21)3-1-2-11-6-8-24-9-7-11/h4-5,10-11,16H,1-3,6-9H2,(H,20,21)(H,22,23). The van der Waals surface area contributed by atoms with Crippen molar-refractivity contribution in [1.82, 2.24) is 5.32 Å². The molecule has 7 heteroatoms. The minimum absolute atomic E-state index is 0.0920. The van der Waals surface area contributed by atoms with Crippen LogP contribution in [-0.4, -0.2) is 30.2 Å². The van der Waals surface area contributed by atoms with E-state index in [-0.39, 0.29) is 22.9 Å². The predicted octanol–water partition coefficient (Wildman–Crippen LogP) is 3.32. The normalized spacial score (nSPS) is 16.6. The fourth-order valence-electron chi connectivity index (χ4n) is 2.80. The molecule has 24 heavy (non-hydrogen) atoms. The number of carbonyl (C=O) groups excluding carboxylic acids is 1. The fourth-order valence-corrected chi connectivity index (χ4v) is 2.92. The minimum Gasteiger partial charge on any atom is -0.479 e. The molecule has 1 aliphatic heterocycles. The number of rotatable bonds is 7. The van der Waals surface area contributed by atoms with E-state index in [0.29, 0.717) is 12.3 Å². The van der Waals surface area contributed by atoms with E-state index in [1.807, 2.05) is 0 Å². The third-order valence-electron chi connectivity index (χ3n) is 4.19. The molecule has 132 valence electrons. The lowest BCUT2D eigenvalue weighted by molar-refractivity contribution is -0.142. The Labute approximate surface area is 145 Å². The molecule has 2 N–H and O–H groups in total. The first-order chi connectivity index (χ1) is 11.5. The van der Waals surface area contributed by atoms with Crippen LogP contribution in [0.15, 0.2) is 18.2 Å². The van der Waals surface area contributed by atoms with Gasteiger partial charge in [-0.2, -0.15) is 0 Å². The third-order valence-corrected chi connectivity index (χ3v) is 4.49. The molecule has 0 radical (unpaired) electrons. The minimum atomic E-state index is -1.28. The van der Waals surface area contributed by atoms with E-state index in [1.54, 1.807) is 0 Å². The van der Waals surface area contributed by atoms with Crippen molar-refractivity contribution < 1.29 is 23.8 Å². The number of carboxylic acid groups (broad SMARTS) is 1. The highest BCUT2D eigenvalue weighted by atomic mass is 35.5. The average molecular weight is 358 g/mol. The Kier molecular flexibility index (Phi) is 6.99. The largest absolute Gasteiger partial charge is 0.479 e. The van der Waals surface area contributed by atoms with Crippen molar-refractivity contribution in [1.29, 1.82) is 0 Å². The molecule has 1 aliphatic rings. The van der Waals surface area contributed by atoms with E-state index in [1.165, 1.54) is 12.1 Å². The lowest BCUT2D eigenvalue weighted by Crippen LogP contribution is -2.33. The van der Waals surface area contributed by atoms with Crippen molar-refractivity contribution in [2.24, 2.45) is 5.92 Å². The topological polar surface area (TPSA) is 75.6 Å². The van der Waals surface area contributed by atoms with Gasteiger partial charge in [0.15, 0.2) is 6.04 Å². The molecule has 1 unspecified atom stereocenters. The van der Waals surface area contributed by atoms with Crippen molar-refractivity contribution in [3.63, 3.8) is 0 Å². The summed E-state index contributed by atoms with van der Waals surface area (Å²) in [7, 11) is 0. The molecule has 1 fully saturated rings. The van der Waals surface area contributed by atoms with Gasteiger partial charge in [0.2, 0.25) is 5.91 Å². The first-order valence-corrected chi connectivity index (χ1v) is 8.40. The van der Waals surface area contributed by atoms with E-state index in [2.05, 4.69) is 5.32 Å². The van der Waals surface area contributed by atoms with E-state index in [0.717, 1.165) is 38.5 Å². The Morgan fingerprint density at radius 1 is 1.38 bits per heavy atom.